The Morgan fingerprint density at radius 1 is 0.950 bits per heavy atom. The summed E-state index contributed by atoms with van der Waals surface area (Å²) in [5, 5.41) is 8.79. The van der Waals surface area contributed by atoms with Gasteiger partial charge in [0.05, 0.1) is 0 Å². The van der Waals surface area contributed by atoms with Crippen molar-refractivity contribution >= 4 is 17.0 Å². The van der Waals surface area contributed by atoms with Gasteiger partial charge in [-0.05, 0) is 19.9 Å². The third-order valence-electron chi connectivity index (χ3n) is 4.43. The van der Waals surface area contributed by atoms with Crippen LogP contribution in [0.4, 0.5) is 0 Å². The molecule has 0 radical (unpaired) electrons. The molecule has 114 valence electrons. The topological polar surface area (TPSA) is 37.2 Å². The van der Waals surface area contributed by atoms with Crippen molar-refractivity contribution in [3.05, 3.63) is 11.6 Å². The van der Waals surface area contributed by atoms with Crippen molar-refractivity contribution in [3.8, 4) is 0 Å². The van der Waals surface area contributed by atoms with E-state index in [2.05, 4.69) is 31.6 Å². The lowest BCUT2D eigenvalue weighted by Crippen LogP contribution is -2.45. The lowest BCUT2D eigenvalue weighted by molar-refractivity contribution is 0.154. The number of aromatic nitrogens is 3. The Morgan fingerprint density at radius 3 is 2.55 bits per heavy atom. The first kappa shape index (κ1) is 15.9. The molecule has 3 rings (SSSR count). The molecular formula is C14H26BrN5. The van der Waals surface area contributed by atoms with E-state index in [1.165, 1.54) is 57.1 Å². The summed E-state index contributed by atoms with van der Waals surface area (Å²) in [5.74, 6) is 2.42. The molecule has 3 heterocycles. The molecule has 2 aliphatic rings. The molecule has 0 atom stereocenters. The first-order valence-electron chi connectivity index (χ1n) is 7.65. The van der Waals surface area contributed by atoms with Crippen molar-refractivity contribution in [2.45, 2.75) is 38.6 Å². The van der Waals surface area contributed by atoms with Gasteiger partial charge in [0, 0.05) is 52.1 Å². The van der Waals surface area contributed by atoms with Crippen LogP contribution in [0.25, 0.3) is 0 Å². The maximum Gasteiger partial charge on any atom is 0.134 e. The predicted molar refractivity (Wildman–Crippen MR) is 85.5 cm³/mol. The van der Waals surface area contributed by atoms with E-state index in [0.717, 1.165) is 25.9 Å². The van der Waals surface area contributed by atoms with Gasteiger partial charge < -0.3 is 14.4 Å². The van der Waals surface area contributed by atoms with Crippen LogP contribution in [0, 0.1) is 0 Å². The summed E-state index contributed by atoms with van der Waals surface area (Å²) in [7, 11) is 2.20. The van der Waals surface area contributed by atoms with Crippen molar-refractivity contribution in [2.24, 2.45) is 0 Å². The minimum atomic E-state index is 0. The van der Waals surface area contributed by atoms with Crippen LogP contribution in [0.3, 0.4) is 0 Å². The summed E-state index contributed by atoms with van der Waals surface area (Å²) in [6.07, 6.45) is 6.06. The second-order valence-corrected chi connectivity index (χ2v) is 5.89. The molecule has 0 aliphatic carbocycles. The lowest BCUT2D eigenvalue weighted by atomic mass is 10.2. The molecule has 2 aliphatic heterocycles. The number of nitrogens with zero attached hydrogens (tertiary/aromatic N) is 5. The molecule has 1 aromatic heterocycles. The molecule has 0 bridgehead atoms. The first-order valence-corrected chi connectivity index (χ1v) is 7.65. The normalized spacial score (nSPS) is 21.1. The second kappa shape index (κ2) is 7.52. The summed E-state index contributed by atoms with van der Waals surface area (Å²) in [5.41, 5.74) is 0. The quantitative estimate of drug-likeness (QED) is 0.830. The molecule has 6 heteroatoms. The van der Waals surface area contributed by atoms with Crippen LogP contribution >= 0.6 is 17.0 Å². The highest BCUT2D eigenvalue weighted by molar-refractivity contribution is 8.93. The van der Waals surface area contributed by atoms with Crippen molar-refractivity contribution in [3.63, 3.8) is 0 Å². The zero-order valence-corrected chi connectivity index (χ0v) is 14.1. The summed E-state index contributed by atoms with van der Waals surface area (Å²) >= 11 is 0. The molecule has 0 saturated carbocycles. The molecule has 0 amide bonds. The van der Waals surface area contributed by atoms with Crippen molar-refractivity contribution in [2.75, 3.05) is 39.8 Å². The van der Waals surface area contributed by atoms with E-state index in [4.69, 9.17) is 0 Å². The van der Waals surface area contributed by atoms with Crippen LogP contribution < -0.4 is 0 Å². The van der Waals surface area contributed by atoms with Gasteiger partial charge in [0.1, 0.15) is 11.6 Å². The van der Waals surface area contributed by atoms with E-state index in [9.17, 15) is 0 Å². The van der Waals surface area contributed by atoms with Gasteiger partial charge in [0.2, 0.25) is 0 Å². The molecule has 0 spiro atoms. The zero-order chi connectivity index (χ0) is 13.1. The van der Waals surface area contributed by atoms with Crippen LogP contribution in [0.5, 0.6) is 0 Å². The van der Waals surface area contributed by atoms with Crippen molar-refractivity contribution in [1.29, 1.82) is 0 Å². The fourth-order valence-electron chi connectivity index (χ4n) is 3.06. The highest BCUT2D eigenvalue weighted by atomic mass is 79.9. The summed E-state index contributed by atoms with van der Waals surface area (Å²) in [6.45, 7) is 7.03. The molecule has 20 heavy (non-hydrogen) atoms. The number of likely N-dealkylation sites (N-methyl/N-ethyl adjacent to an activating group) is 1. The number of hydrogen-bond donors (Lipinski definition) is 0. The average molecular weight is 344 g/mol. The van der Waals surface area contributed by atoms with Gasteiger partial charge in [-0.3, -0.25) is 0 Å². The van der Waals surface area contributed by atoms with Gasteiger partial charge in [0.25, 0.3) is 0 Å². The SMILES string of the molecule is Br.CN1CCN(CCc2nnc3n2CCCCC3)CC1. The molecule has 0 unspecified atom stereocenters. The Labute approximate surface area is 132 Å². The Bertz CT molecular complexity index is 412. The molecule has 5 nitrogen and oxygen atoms in total. The van der Waals surface area contributed by atoms with Gasteiger partial charge >= 0.3 is 0 Å². The van der Waals surface area contributed by atoms with Crippen molar-refractivity contribution < 1.29 is 0 Å². The van der Waals surface area contributed by atoms with Gasteiger partial charge in [-0.25, -0.2) is 0 Å². The van der Waals surface area contributed by atoms with Crippen LogP contribution in [-0.4, -0.2) is 64.3 Å². The van der Waals surface area contributed by atoms with Crippen LogP contribution in [0.15, 0.2) is 0 Å². The van der Waals surface area contributed by atoms with Crippen LogP contribution in [0.2, 0.25) is 0 Å². The van der Waals surface area contributed by atoms with E-state index < -0.39 is 0 Å². The van der Waals surface area contributed by atoms with Crippen LogP contribution in [0.1, 0.15) is 30.9 Å². The van der Waals surface area contributed by atoms with Gasteiger partial charge in [-0.1, -0.05) is 6.42 Å². The molecule has 0 N–H and O–H groups in total. The van der Waals surface area contributed by atoms with Gasteiger partial charge in [0.15, 0.2) is 0 Å². The summed E-state index contributed by atoms with van der Waals surface area (Å²) in [4.78, 5) is 4.96. The fraction of sp³-hybridized carbons (Fsp3) is 0.857. The third-order valence-corrected chi connectivity index (χ3v) is 4.43. The Kier molecular flexibility index (Phi) is 5.99. The monoisotopic (exact) mass is 343 g/mol. The third kappa shape index (κ3) is 3.80. The maximum atomic E-state index is 4.41. The average Bonchev–Trinajstić information content (AvgIpc) is 2.66. The first-order chi connectivity index (χ1) is 9.33. The number of halogens is 1. The van der Waals surface area contributed by atoms with Gasteiger partial charge in [-0.2, -0.15) is 0 Å². The van der Waals surface area contributed by atoms with E-state index >= 15 is 0 Å². The smallest absolute Gasteiger partial charge is 0.134 e. The molecule has 1 aromatic rings. The number of hydrogen-bond acceptors (Lipinski definition) is 4. The zero-order valence-electron chi connectivity index (χ0n) is 12.4. The lowest BCUT2D eigenvalue weighted by Gasteiger charge is -2.32. The number of aryl methyl sites for hydroxylation is 1. The van der Waals surface area contributed by atoms with Gasteiger partial charge in [-0.15, -0.1) is 27.2 Å². The second-order valence-electron chi connectivity index (χ2n) is 5.89. The van der Waals surface area contributed by atoms with E-state index in [1.54, 1.807) is 0 Å². The van der Waals surface area contributed by atoms with Crippen molar-refractivity contribution in [1.82, 2.24) is 24.6 Å². The summed E-state index contributed by atoms with van der Waals surface area (Å²) in [6, 6.07) is 0. The highest BCUT2D eigenvalue weighted by Gasteiger charge is 2.17. The highest BCUT2D eigenvalue weighted by Crippen LogP contribution is 2.15. The Balaban J connectivity index is 0.00000147. The Hall–Kier alpha value is -0.460. The summed E-state index contributed by atoms with van der Waals surface area (Å²) < 4.78 is 2.38. The maximum absolute atomic E-state index is 4.41. The largest absolute Gasteiger partial charge is 0.315 e. The molecule has 1 saturated heterocycles. The fourth-order valence-corrected chi connectivity index (χ4v) is 3.06. The predicted octanol–water partition coefficient (Wildman–Crippen LogP) is 1.37. The number of rotatable bonds is 3. The molecular weight excluding hydrogens is 318 g/mol. The minimum Gasteiger partial charge on any atom is -0.315 e. The van der Waals surface area contributed by atoms with E-state index in [0.29, 0.717) is 0 Å². The van der Waals surface area contributed by atoms with E-state index in [-0.39, 0.29) is 17.0 Å². The molecule has 0 aromatic carbocycles. The molecule has 1 fully saturated rings. The number of piperazine rings is 1. The standard InChI is InChI=1S/C14H25N5.BrH/c1-17-9-11-18(12-10-17)8-6-14-16-15-13-5-3-2-4-7-19(13)14;/h2-12H2,1H3;1H. The Morgan fingerprint density at radius 2 is 1.75 bits per heavy atom. The van der Waals surface area contributed by atoms with E-state index in [1.807, 2.05) is 0 Å². The van der Waals surface area contributed by atoms with Crippen LogP contribution in [-0.2, 0) is 19.4 Å². The number of fused-ring (bicyclic) bond motifs is 1. The minimum absolute atomic E-state index is 0.